The van der Waals surface area contributed by atoms with Crippen LogP contribution in [0.25, 0.3) is 6.08 Å². The third-order valence-electron chi connectivity index (χ3n) is 4.50. The van der Waals surface area contributed by atoms with Crippen LogP contribution >= 0.6 is 15.9 Å². The van der Waals surface area contributed by atoms with Crippen LogP contribution in [0, 0.1) is 23.0 Å². The molecule has 0 aromatic heterocycles. The summed E-state index contributed by atoms with van der Waals surface area (Å²) in [6.45, 7) is 0. The highest BCUT2D eigenvalue weighted by Crippen LogP contribution is 2.32. The Balaban J connectivity index is 1.89. The van der Waals surface area contributed by atoms with Gasteiger partial charge in [-0.1, -0.05) is 34.1 Å². The summed E-state index contributed by atoms with van der Waals surface area (Å²) in [7, 11) is 1.49. The zero-order valence-electron chi connectivity index (χ0n) is 16.5. The summed E-state index contributed by atoms with van der Waals surface area (Å²) in [6.07, 6.45) is 1.72. The minimum atomic E-state index is -0.625. The molecule has 0 fully saturated rings. The number of nitriles is 1. The number of ether oxygens (including phenoxy) is 1. The van der Waals surface area contributed by atoms with Gasteiger partial charge in [-0.3, -0.25) is 4.79 Å². The first-order valence-corrected chi connectivity index (χ1v) is 9.99. The number of carbonyl (C=O) groups is 1. The van der Waals surface area contributed by atoms with Gasteiger partial charge in [0.05, 0.1) is 7.11 Å². The predicted octanol–water partition coefficient (Wildman–Crippen LogP) is 5.87. The lowest BCUT2D eigenvalue weighted by Gasteiger charge is -2.13. The van der Waals surface area contributed by atoms with Crippen LogP contribution in [0.5, 0.6) is 5.75 Å². The Bertz CT molecular complexity index is 1190. The number of anilines is 1. The van der Waals surface area contributed by atoms with Gasteiger partial charge >= 0.3 is 0 Å². The first-order valence-electron chi connectivity index (χ1n) is 9.19. The lowest BCUT2D eigenvalue weighted by atomic mass is 10.0. The van der Waals surface area contributed by atoms with Crippen molar-refractivity contribution in [3.05, 3.63) is 99.0 Å². The van der Waals surface area contributed by atoms with E-state index in [9.17, 15) is 18.8 Å². The number of nitrogens with one attached hydrogen (secondary N) is 1. The Morgan fingerprint density at radius 1 is 1.16 bits per heavy atom. The number of hydrogen-bond acceptors (Lipinski definition) is 3. The van der Waals surface area contributed by atoms with Crippen molar-refractivity contribution in [2.75, 3.05) is 12.4 Å². The van der Waals surface area contributed by atoms with Crippen molar-refractivity contribution in [2.24, 2.45) is 0 Å². The molecule has 4 nitrogen and oxygen atoms in total. The number of benzene rings is 3. The molecule has 0 aliphatic rings. The van der Waals surface area contributed by atoms with Gasteiger partial charge in [-0.2, -0.15) is 5.26 Å². The third kappa shape index (κ3) is 5.56. The summed E-state index contributed by atoms with van der Waals surface area (Å²) < 4.78 is 33.2. The van der Waals surface area contributed by atoms with Gasteiger partial charge in [0.25, 0.3) is 5.91 Å². The van der Waals surface area contributed by atoms with Crippen molar-refractivity contribution in [2.45, 2.75) is 6.42 Å². The normalized spacial score (nSPS) is 11.0. The molecule has 0 aliphatic carbocycles. The number of halogens is 3. The summed E-state index contributed by atoms with van der Waals surface area (Å²) in [5, 5.41) is 12.0. The van der Waals surface area contributed by atoms with Crippen molar-refractivity contribution < 1.29 is 18.3 Å². The van der Waals surface area contributed by atoms with Crippen LogP contribution in [0.15, 0.2) is 70.7 Å². The van der Waals surface area contributed by atoms with Gasteiger partial charge in [-0.25, -0.2) is 8.78 Å². The first-order chi connectivity index (χ1) is 14.9. The molecule has 0 heterocycles. The van der Waals surface area contributed by atoms with Crippen LogP contribution in [0.1, 0.15) is 16.7 Å². The predicted molar refractivity (Wildman–Crippen MR) is 119 cm³/mol. The van der Waals surface area contributed by atoms with Gasteiger partial charge in [0.15, 0.2) is 0 Å². The van der Waals surface area contributed by atoms with Crippen LogP contribution in [0.4, 0.5) is 14.5 Å². The molecule has 0 spiro atoms. The molecule has 0 unspecified atom stereocenters. The van der Waals surface area contributed by atoms with Gasteiger partial charge in [-0.15, -0.1) is 0 Å². The van der Waals surface area contributed by atoms with Crippen LogP contribution in [-0.4, -0.2) is 13.0 Å². The highest BCUT2D eigenvalue weighted by atomic mass is 79.9. The van der Waals surface area contributed by atoms with E-state index < -0.39 is 11.7 Å². The average molecular weight is 483 g/mol. The zero-order valence-corrected chi connectivity index (χ0v) is 18.0. The topological polar surface area (TPSA) is 62.1 Å². The van der Waals surface area contributed by atoms with Gasteiger partial charge in [0.2, 0.25) is 0 Å². The molecule has 0 radical (unpaired) electrons. The van der Waals surface area contributed by atoms with Crippen LogP contribution in [0.3, 0.4) is 0 Å². The summed E-state index contributed by atoms with van der Waals surface area (Å²) in [4.78, 5) is 12.4. The van der Waals surface area contributed by atoms with Gasteiger partial charge in [0, 0.05) is 22.1 Å². The number of hydrogen-bond donors (Lipinski definition) is 1. The Labute approximate surface area is 186 Å². The molecule has 0 saturated heterocycles. The molecule has 1 amide bonds. The quantitative estimate of drug-likeness (QED) is 0.352. The standard InChI is InChI=1S/C24H17BrF2N2O2/c1-31-23-12-15(11-21(25)20(23)13-16-4-2-3-5-22(16)27)10-17(14-28)24(30)29-19-8-6-18(26)7-9-19/h2-12H,13H2,1H3,(H,29,30)/b17-10+. The maximum absolute atomic E-state index is 14.1. The first kappa shape index (κ1) is 22.2. The number of rotatable bonds is 6. The van der Waals surface area contributed by atoms with Crippen molar-refractivity contribution in [1.82, 2.24) is 0 Å². The highest BCUT2D eigenvalue weighted by Gasteiger charge is 2.15. The molecule has 0 atom stereocenters. The maximum Gasteiger partial charge on any atom is 0.266 e. The second-order valence-corrected chi connectivity index (χ2v) is 7.44. The Morgan fingerprint density at radius 3 is 2.52 bits per heavy atom. The van der Waals surface area contributed by atoms with E-state index in [1.807, 2.05) is 6.07 Å². The van der Waals surface area contributed by atoms with Crippen LogP contribution < -0.4 is 10.1 Å². The highest BCUT2D eigenvalue weighted by molar-refractivity contribution is 9.10. The zero-order chi connectivity index (χ0) is 22.4. The minimum absolute atomic E-state index is 0.139. The number of methoxy groups -OCH3 is 1. The monoisotopic (exact) mass is 482 g/mol. The Kier molecular flexibility index (Phi) is 7.16. The number of carbonyl (C=O) groups excluding carboxylic acids is 1. The van der Waals surface area contributed by atoms with E-state index in [2.05, 4.69) is 21.2 Å². The van der Waals surface area contributed by atoms with Crippen molar-refractivity contribution in [1.29, 1.82) is 5.26 Å². The van der Waals surface area contributed by atoms with Crippen molar-refractivity contribution in [3.8, 4) is 11.8 Å². The lowest BCUT2D eigenvalue weighted by molar-refractivity contribution is -0.112. The van der Waals surface area contributed by atoms with Crippen molar-refractivity contribution >= 4 is 33.6 Å². The fourth-order valence-corrected chi connectivity index (χ4v) is 3.55. The van der Waals surface area contributed by atoms with E-state index in [0.717, 1.165) is 5.56 Å². The molecule has 7 heteroatoms. The Morgan fingerprint density at radius 2 is 1.87 bits per heavy atom. The molecule has 1 N–H and O–H groups in total. The van der Waals surface area contributed by atoms with Crippen LogP contribution in [0.2, 0.25) is 0 Å². The third-order valence-corrected chi connectivity index (χ3v) is 5.21. The minimum Gasteiger partial charge on any atom is -0.496 e. The molecule has 31 heavy (non-hydrogen) atoms. The molecule has 0 saturated carbocycles. The summed E-state index contributed by atoms with van der Waals surface area (Å²) in [5.41, 5.74) is 2.03. The fraction of sp³-hybridized carbons (Fsp3) is 0.0833. The van der Waals surface area contributed by atoms with E-state index in [1.54, 1.807) is 30.3 Å². The molecule has 0 bridgehead atoms. The number of nitrogens with zero attached hydrogens (tertiary/aromatic N) is 1. The van der Waals surface area contributed by atoms with E-state index >= 15 is 0 Å². The Hall–Kier alpha value is -3.50. The number of amides is 1. The average Bonchev–Trinajstić information content (AvgIpc) is 2.76. The molecule has 3 aromatic carbocycles. The second-order valence-electron chi connectivity index (χ2n) is 6.58. The maximum atomic E-state index is 14.1. The van der Waals surface area contributed by atoms with E-state index in [1.165, 1.54) is 43.5 Å². The fourth-order valence-electron chi connectivity index (χ4n) is 2.95. The summed E-state index contributed by atoms with van der Waals surface area (Å²) in [6, 6.07) is 17.0. The molecular formula is C24H17BrF2N2O2. The molecular weight excluding hydrogens is 466 g/mol. The summed E-state index contributed by atoms with van der Waals surface area (Å²) in [5.74, 6) is -0.883. The van der Waals surface area contributed by atoms with Gasteiger partial charge in [0.1, 0.15) is 29.0 Å². The van der Waals surface area contributed by atoms with E-state index in [0.29, 0.717) is 33.5 Å². The van der Waals surface area contributed by atoms with Crippen molar-refractivity contribution in [3.63, 3.8) is 0 Å². The lowest BCUT2D eigenvalue weighted by Crippen LogP contribution is -2.13. The van der Waals surface area contributed by atoms with E-state index in [-0.39, 0.29) is 11.4 Å². The van der Waals surface area contributed by atoms with Gasteiger partial charge in [-0.05, 0) is 59.7 Å². The van der Waals surface area contributed by atoms with Gasteiger partial charge < -0.3 is 10.1 Å². The molecule has 3 rings (SSSR count). The smallest absolute Gasteiger partial charge is 0.266 e. The molecule has 3 aromatic rings. The SMILES string of the molecule is COc1cc(/C=C(\C#N)C(=O)Nc2ccc(F)cc2)cc(Br)c1Cc1ccccc1F. The molecule has 156 valence electrons. The van der Waals surface area contributed by atoms with E-state index in [4.69, 9.17) is 4.74 Å². The van der Waals surface area contributed by atoms with Crippen LogP contribution in [-0.2, 0) is 11.2 Å². The largest absolute Gasteiger partial charge is 0.496 e. The molecule has 0 aliphatic heterocycles. The summed E-state index contributed by atoms with van der Waals surface area (Å²) >= 11 is 3.48. The second kappa shape index (κ2) is 10.0.